The second-order valence-corrected chi connectivity index (χ2v) is 11.4. The number of rotatable bonds is 6. The van der Waals surface area contributed by atoms with Gasteiger partial charge in [0.05, 0.1) is 11.7 Å². The summed E-state index contributed by atoms with van der Waals surface area (Å²) >= 11 is 0. The van der Waals surface area contributed by atoms with Gasteiger partial charge >= 0.3 is 0 Å². The van der Waals surface area contributed by atoms with Crippen LogP contribution >= 0.6 is 0 Å². The number of pyridine rings is 1. The number of benzene rings is 2. The fourth-order valence-corrected chi connectivity index (χ4v) is 6.45. The molecule has 0 saturated carbocycles. The van der Waals surface area contributed by atoms with E-state index in [-0.39, 0.29) is 5.82 Å². The van der Waals surface area contributed by atoms with Crippen molar-refractivity contribution in [3.63, 3.8) is 0 Å². The third-order valence-corrected chi connectivity index (χ3v) is 8.69. The molecule has 41 heavy (non-hydrogen) atoms. The van der Waals surface area contributed by atoms with E-state index in [1.54, 1.807) is 18.3 Å². The first-order chi connectivity index (χ1) is 20.0. The van der Waals surface area contributed by atoms with Crippen molar-refractivity contribution < 1.29 is 4.39 Å². The van der Waals surface area contributed by atoms with Gasteiger partial charge in [-0.1, -0.05) is 0 Å². The van der Waals surface area contributed by atoms with Gasteiger partial charge in [-0.05, 0) is 86.6 Å². The largest absolute Gasteiger partial charge is 0.369 e. The Kier molecular flexibility index (Phi) is 6.66. The number of nitrogens with one attached hydrogen (secondary N) is 1. The highest BCUT2D eigenvalue weighted by Crippen LogP contribution is 2.37. The van der Waals surface area contributed by atoms with Crippen LogP contribution < -0.4 is 20.0 Å². The fourth-order valence-electron chi connectivity index (χ4n) is 6.45. The normalized spacial score (nSPS) is 20.6. The molecule has 0 radical (unpaired) electrons. The third-order valence-electron chi connectivity index (χ3n) is 8.69. The molecular weight excluding hydrogens is 515 g/mol. The lowest BCUT2D eigenvalue weighted by Crippen LogP contribution is -2.46. The summed E-state index contributed by atoms with van der Waals surface area (Å²) in [6, 6.07) is 20.2. The van der Waals surface area contributed by atoms with Crippen LogP contribution in [-0.2, 0) is 0 Å². The molecule has 2 aromatic carbocycles. The second kappa shape index (κ2) is 10.6. The molecule has 0 aliphatic carbocycles. The standard InChI is InChI=1S/C32H35FN8/c1-22-17-25(6-9-30(22)39-15-13-38(2)14-16-39)36-32-34-12-11-29(37-32)23-3-10-31(35-19-23)41-21-27-18-28(41)20-40(27)26-7-4-24(33)5-8-26/h3-12,17,19,27-28H,13-16,18,20-21H2,1-2H3,(H,34,36,37)/t27-,28-/m0/s1. The van der Waals surface area contributed by atoms with E-state index in [0.717, 1.165) is 74.1 Å². The summed E-state index contributed by atoms with van der Waals surface area (Å²) in [4.78, 5) is 23.7. The second-order valence-electron chi connectivity index (χ2n) is 11.4. The molecule has 2 bridgehead atoms. The molecule has 210 valence electrons. The highest BCUT2D eigenvalue weighted by molar-refractivity contribution is 5.66. The lowest BCUT2D eigenvalue weighted by molar-refractivity contribution is 0.312. The van der Waals surface area contributed by atoms with E-state index in [4.69, 9.17) is 9.97 Å². The van der Waals surface area contributed by atoms with Crippen molar-refractivity contribution in [3.8, 4) is 11.3 Å². The number of hydrogen-bond donors (Lipinski definition) is 1. The summed E-state index contributed by atoms with van der Waals surface area (Å²) in [6.45, 7) is 8.29. The van der Waals surface area contributed by atoms with Gasteiger partial charge in [-0.2, -0.15) is 0 Å². The average Bonchev–Trinajstić information content (AvgIpc) is 3.60. The fraction of sp³-hybridized carbons (Fsp3) is 0.344. The number of hydrogen-bond acceptors (Lipinski definition) is 8. The molecule has 2 atom stereocenters. The molecular formula is C32H35FN8. The van der Waals surface area contributed by atoms with Gasteiger partial charge in [0, 0.05) is 80.3 Å². The van der Waals surface area contributed by atoms with Crippen molar-refractivity contribution in [2.24, 2.45) is 0 Å². The van der Waals surface area contributed by atoms with Crippen molar-refractivity contribution >= 4 is 28.8 Å². The molecule has 3 aliphatic heterocycles. The van der Waals surface area contributed by atoms with E-state index in [0.29, 0.717) is 18.0 Å². The number of anilines is 5. The highest BCUT2D eigenvalue weighted by atomic mass is 19.1. The zero-order chi connectivity index (χ0) is 27.9. The Morgan fingerprint density at radius 2 is 1.63 bits per heavy atom. The number of fused-ring (bicyclic) bond motifs is 2. The van der Waals surface area contributed by atoms with Gasteiger partial charge in [-0.15, -0.1) is 0 Å². The van der Waals surface area contributed by atoms with Crippen molar-refractivity contribution in [2.75, 3.05) is 66.3 Å². The first-order valence-corrected chi connectivity index (χ1v) is 14.4. The van der Waals surface area contributed by atoms with Crippen molar-refractivity contribution in [1.29, 1.82) is 0 Å². The highest BCUT2D eigenvalue weighted by Gasteiger charge is 2.43. The van der Waals surface area contributed by atoms with Crippen LogP contribution in [0.25, 0.3) is 11.3 Å². The molecule has 3 fully saturated rings. The number of piperazine rings is 2. The Bertz CT molecular complexity index is 1520. The van der Waals surface area contributed by atoms with Crippen LogP contribution in [0.3, 0.4) is 0 Å². The molecule has 3 aliphatic rings. The molecule has 2 aromatic heterocycles. The predicted molar refractivity (Wildman–Crippen MR) is 163 cm³/mol. The molecule has 0 amide bonds. The van der Waals surface area contributed by atoms with Gasteiger partial charge in [-0.3, -0.25) is 0 Å². The number of aryl methyl sites for hydroxylation is 1. The Morgan fingerprint density at radius 3 is 2.34 bits per heavy atom. The van der Waals surface area contributed by atoms with Crippen LogP contribution in [0.5, 0.6) is 0 Å². The number of nitrogens with zero attached hydrogens (tertiary/aromatic N) is 7. The van der Waals surface area contributed by atoms with E-state index in [1.165, 1.54) is 11.3 Å². The zero-order valence-electron chi connectivity index (χ0n) is 23.5. The van der Waals surface area contributed by atoms with E-state index < -0.39 is 0 Å². The molecule has 3 saturated heterocycles. The van der Waals surface area contributed by atoms with Crippen LogP contribution in [0.15, 0.2) is 73.1 Å². The minimum atomic E-state index is -0.193. The van der Waals surface area contributed by atoms with Crippen molar-refractivity contribution in [2.45, 2.75) is 25.4 Å². The van der Waals surface area contributed by atoms with E-state index >= 15 is 0 Å². The molecule has 8 nitrogen and oxygen atoms in total. The molecule has 1 N–H and O–H groups in total. The summed E-state index contributed by atoms with van der Waals surface area (Å²) < 4.78 is 13.4. The molecule has 5 heterocycles. The van der Waals surface area contributed by atoms with Crippen LogP contribution in [0.1, 0.15) is 12.0 Å². The summed E-state index contributed by atoms with van der Waals surface area (Å²) in [7, 11) is 2.18. The lowest BCUT2D eigenvalue weighted by Gasteiger charge is -2.36. The molecule has 9 heteroatoms. The maximum Gasteiger partial charge on any atom is 0.227 e. The van der Waals surface area contributed by atoms with Gasteiger partial charge in [-0.25, -0.2) is 19.3 Å². The van der Waals surface area contributed by atoms with Crippen LogP contribution in [0.4, 0.5) is 33.2 Å². The molecule has 0 unspecified atom stereocenters. The minimum Gasteiger partial charge on any atom is -0.369 e. The molecule has 4 aromatic rings. The lowest BCUT2D eigenvalue weighted by atomic mass is 10.1. The predicted octanol–water partition coefficient (Wildman–Crippen LogP) is 4.95. The first kappa shape index (κ1) is 25.7. The van der Waals surface area contributed by atoms with Gasteiger partial charge in [0.1, 0.15) is 11.6 Å². The summed E-state index contributed by atoms with van der Waals surface area (Å²) in [5.74, 6) is 1.36. The SMILES string of the molecule is Cc1cc(Nc2nccc(-c3ccc(N4C[C@@H]5C[C@H]4CN5c4ccc(F)cc4)nc3)n2)ccc1N1CCN(C)CC1. The number of likely N-dealkylation sites (N-methyl/N-ethyl adjacent to an activating group) is 1. The van der Waals surface area contributed by atoms with Crippen molar-refractivity contribution in [3.05, 3.63) is 84.4 Å². The van der Waals surface area contributed by atoms with Crippen LogP contribution in [0, 0.1) is 12.7 Å². The first-order valence-electron chi connectivity index (χ1n) is 14.4. The Hall–Kier alpha value is -4.24. The van der Waals surface area contributed by atoms with Crippen molar-refractivity contribution in [1.82, 2.24) is 19.9 Å². The molecule has 0 spiro atoms. The van der Waals surface area contributed by atoms with Crippen LogP contribution in [0.2, 0.25) is 0 Å². The Labute approximate surface area is 240 Å². The maximum atomic E-state index is 13.4. The van der Waals surface area contributed by atoms with Crippen LogP contribution in [-0.4, -0.2) is 78.3 Å². The van der Waals surface area contributed by atoms with Gasteiger partial charge in [0.25, 0.3) is 0 Å². The number of aromatic nitrogens is 3. The summed E-state index contributed by atoms with van der Waals surface area (Å²) in [5, 5.41) is 3.38. The van der Waals surface area contributed by atoms with E-state index in [2.05, 4.69) is 74.2 Å². The maximum absolute atomic E-state index is 13.4. The third kappa shape index (κ3) is 5.17. The average molecular weight is 551 g/mol. The summed E-state index contributed by atoms with van der Waals surface area (Å²) in [5.41, 5.74) is 6.39. The zero-order valence-corrected chi connectivity index (χ0v) is 23.5. The van der Waals surface area contributed by atoms with E-state index in [1.807, 2.05) is 24.4 Å². The summed E-state index contributed by atoms with van der Waals surface area (Å²) in [6.07, 6.45) is 4.78. The van der Waals surface area contributed by atoms with E-state index in [9.17, 15) is 4.39 Å². The topological polar surface area (TPSA) is 63.7 Å². The number of halogens is 1. The molecule has 7 rings (SSSR count). The van der Waals surface area contributed by atoms with Gasteiger partial charge in [0.2, 0.25) is 5.95 Å². The Morgan fingerprint density at radius 1 is 0.854 bits per heavy atom. The van der Waals surface area contributed by atoms with Gasteiger partial charge < -0.3 is 24.9 Å². The minimum absolute atomic E-state index is 0.193. The smallest absolute Gasteiger partial charge is 0.227 e. The van der Waals surface area contributed by atoms with Gasteiger partial charge in [0.15, 0.2) is 0 Å². The quantitative estimate of drug-likeness (QED) is 0.362. The Balaban J connectivity index is 1.01. The monoisotopic (exact) mass is 550 g/mol.